The van der Waals surface area contributed by atoms with Gasteiger partial charge in [-0.25, -0.2) is 9.36 Å². The third-order valence-corrected chi connectivity index (χ3v) is 5.08. The highest BCUT2D eigenvalue weighted by Crippen LogP contribution is 2.53. The van der Waals surface area contributed by atoms with Crippen LogP contribution < -0.4 is 5.32 Å². The Morgan fingerprint density at radius 3 is 1.84 bits per heavy atom. The van der Waals surface area contributed by atoms with Crippen LogP contribution in [0.25, 0.3) is 0 Å². The number of benzene rings is 1. The number of nitrogens with one attached hydrogen (secondary N) is 1. The van der Waals surface area contributed by atoms with E-state index in [1.165, 1.54) is 0 Å². The topological polar surface area (TPSA) is 83.1 Å². The van der Waals surface area contributed by atoms with Crippen molar-refractivity contribution >= 4 is 83.5 Å². The molecule has 0 radical (unpaired) electrons. The molecule has 14 heteroatoms. The molecule has 1 amide bonds. The van der Waals surface area contributed by atoms with Crippen LogP contribution in [-0.4, -0.2) is 39.1 Å². The second-order valence-corrected chi connectivity index (χ2v) is 13.8. The van der Waals surface area contributed by atoms with Crippen LogP contribution in [0.1, 0.15) is 32.4 Å². The molecular formula is C17H22Cl6NO6P. The summed E-state index contributed by atoms with van der Waals surface area (Å²) in [6.07, 6.45) is -0.718. The van der Waals surface area contributed by atoms with Gasteiger partial charge in [-0.1, -0.05) is 99.9 Å². The Hall–Kier alpha value is 0.340. The molecule has 178 valence electrons. The molecule has 1 rings (SSSR count). The molecule has 0 unspecified atom stereocenters. The largest absolute Gasteiger partial charge is 0.475 e. The Labute approximate surface area is 211 Å². The predicted molar refractivity (Wildman–Crippen MR) is 125 cm³/mol. The molecule has 0 fully saturated rings. The summed E-state index contributed by atoms with van der Waals surface area (Å²) in [5.41, 5.74) is -0.106. The normalized spacial score (nSPS) is 14.2. The van der Waals surface area contributed by atoms with Crippen molar-refractivity contribution in [1.29, 1.82) is 0 Å². The lowest BCUT2D eigenvalue weighted by Crippen LogP contribution is -2.36. The van der Waals surface area contributed by atoms with Gasteiger partial charge < -0.3 is 10.1 Å². The van der Waals surface area contributed by atoms with Crippen molar-refractivity contribution in [3.8, 4) is 0 Å². The Morgan fingerprint density at radius 2 is 1.42 bits per heavy atom. The van der Waals surface area contributed by atoms with E-state index in [2.05, 4.69) is 5.32 Å². The number of carbonyl (C=O) groups excluding carboxylic acids is 1. The third kappa shape index (κ3) is 14.3. The molecule has 0 aliphatic rings. The van der Waals surface area contributed by atoms with Crippen LogP contribution in [0.5, 0.6) is 0 Å². The van der Waals surface area contributed by atoms with Gasteiger partial charge in [-0.3, -0.25) is 13.6 Å². The summed E-state index contributed by atoms with van der Waals surface area (Å²) in [5, 5.41) is 2.63. The van der Waals surface area contributed by atoms with E-state index >= 15 is 0 Å². The van der Waals surface area contributed by atoms with Crippen LogP contribution in [0, 0.1) is 0 Å². The van der Waals surface area contributed by atoms with Crippen LogP contribution in [-0.2, 0) is 22.9 Å². The van der Waals surface area contributed by atoms with Crippen molar-refractivity contribution in [2.75, 3.05) is 19.8 Å². The minimum absolute atomic E-state index is 0.361. The number of phosphoric acid groups is 1. The number of hydrogen-bond donors (Lipinski definition) is 1. The van der Waals surface area contributed by atoms with E-state index in [1.807, 2.05) is 0 Å². The number of carbonyl (C=O) groups is 1. The molecule has 0 saturated carbocycles. The number of ether oxygens (including phenoxy) is 1. The number of alkyl carbamates (subject to hydrolysis) is 1. The molecule has 0 saturated heterocycles. The smallest absolute Gasteiger partial charge is 0.444 e. The molecule has 1 aromatic rings. The van der Waals surface area contributed by atoms with Crippen LogP contribution in [0.3, 0.4) is 0 Å². The fraction of sp³-hybridized carbons (Fsp3) is 0.588. The zero-order chi connectivity index (χ0) is 23.9. The summed E-state index contributed by atoms with van der Waals surface area (Å²) in [5.74, 6) is 0. The first kappa shape index (κ1) is 29.4. The number of hydrogen-bond acceptors (Lipinski definition) is 6. The van der Waals surface area contributed by atoms with Crippen LogP contribution in [0.15, 0.2) is 30.3 Å². The third-order valence-electron chi connectivity index (χ3n) is 3.06. The molecule has 0 aromatic heterocycles. The highest BCUT2D eigenvalue weighted by molar-refractivity contribution is 7.48. The molecular weight excluding hydrogens is 558 g/mol. The minimum atomic E-state index is -4.37. The Morgan fingerprint density at radius 1 is 0.935 bits per heavy atom. The first-order chi connectivity index (χ1) is 14.0. The molecule has 1 N–H and O–H groups in total. The van der Waals surface area contributed by atoms with Gasteiger partial charge >= 0.3 is 13.9 Å². The summed E-state index contributed by atoms with van der Waals surface area (Å²) in [4.78, 5) is 12.3. The fourth-order valence-corrected chi connectivity index (χ4v) is 3.98. The van der Waals surface area contributed by atoms with Crippen molar-refractivity contribution in [1.82, 2.24) is 5.32 Å². The van der Waals surface area contributed by atoms with Crippen molar-refractivity contribution in [3.63, 3.8) is 0 Å². The van der Waals surface area contributed by atoms with Gasteiger partial charge in [0.05, 0.1) is 12.6 Å². The van der Waals surface area contributed by atoms with E-state index in [1.54, 1.807) is 51.1 Å². The highest BCUT2D eigenvalue weighted by Gasteiger charge is 2.36. The summed E-state index contributed by atoms with van der Waals surface area (Å²) in [7, 11) is -4.37. The Kier molecular flexibility index (Phi) is 11.5. The molecule has 0 aliphatic heterocycles. The molecule has 0 aliphatic carbocycles. The van der Waals surface area contributed by atoms with E-state index in [0.717, 1.165) is 0 Å². The second kappa shape index (κ2) is 12.2. The van der Waals surface area contributed by atoms with Crippen molar-refractivity contribution in [3.05, 3.63) is 35.9 Å². The fourth-order valence-electron chi connectivity index (χ4n) is 1.94. The number of phosphoric ester groups is 1. The molecule has 1 aromatic carbocycles. The van der Waals surface area contributed by atoms with Crippen LogP contribution >= 0.6 is 77.4 Å². The van der Waals surface area contributed by atoms with Gasteiger partial charge in [0, 0.05) is 0 Å². The second-order valence-electron chi connectivity index (χ2n) is 7.13. The Bertz CT molecular complexity index is 728. The van der Waals surface area contributed by atoms with E-state index in [4.69, 9.17) is 87.9 Å². The molecule has 31 heavy (non-hydrogen) atoms. The van der Waals surface area contributed by atoms with Gasteiger partial charge in [0.25, 0.3) is 0 Å². The van der Waals surface area contributed by atoms with E-state index in [0.29, 0.717) is 5.56 Å². The summed E-state index contributed by atoms with van der Waals surface area (Å²) in [6, 6.07) is 7.93. The number of rotatable bonds is 9. The molecule has 0 spiro atoms. The van der Waals surface area contributed by atoms with Gasteiger partial charge in [0.1, 0.15) is 18.8 Å². The molecule has 7 nitrogen and oxygen atoms in total. The van der Waals surface area contributed by atoms with Gasteiger partial charge in [-0.15, -0.1) is 0 Å². The monoisotopic (exact) mass is 577 g/mol. The lowest BCUT2D eigenvalue weighted by molar-refractivity contribution is 0.0465. The van der Waals surface area contributed by atoms with E-state index in [-0.39, 0.29) is 6.61 Å². The molecule has 0 heterocycles. The minimum Gasteiger partial charge on any atom is -0.444 e. The summed E-state index contributed by atoms with van der Waals surface area (Å²) >= 11 is 33.8. The lowest BCUT2D eigenvalue weighted by atomic mass is 10.1. The SMILES string of the molecule is CC(C)(C)OC(=O)N[C@@H](COP(=O)(OCC(Cl)(Cl)Cl)OCC(Cl)(Cl)Cl)c1ccccc1. The number of alkyl halides is 6. The maximum atomic E-state index is 13.0. The Balaban J connectivity index is 2.99. The summed E-state index contributed by atoms with van der Waals surface area (Å²) in [6.45, 7) is 3.51. The van der Waals surface area contributed by atoms with Gasteiger partial charge in [-0.05, 0) is 26.3 Å². The average Bonchev–Trinajstić information content (AvgIpc) is 2.60. The maximum absolute atomic E-state index is 13.0. The van der Waals surface area contributed by atoms with Crippen molar-refractivity contribution < 1.29 is 27.7 Å². The van der Waals surface area contributed by atoms with Gasteiger partial charge in [-0.2, -0.15) is 0 Å². The van der Waals surface area contributed by atoms with E-state index < -0.39 is 46.4 Å². The maximum Gasteiger partial charge on any atom is 0.475 e. The standard InChI is InChI=1S/C17H22Cl6NO6P/c1-15(2,3)30-14(25)24-13(12-7-5-4-6-8-12)9-27-31(26,28-10-16(18,19)20)29-11-17(21,22)23/h4-8,13H,9-11H2,1-3H3,(H,24,25)/t13-/m0/s1. The van der Waals surface area contributed by atoms with Crippen molar-refractivity contribution in [2.45, 2.75) is 40.0 Å². The molecule has 1 atom stereocenters. The zero-order valence-corrected chi connectivity index (χ0v) is 22.2. The van der Waals surface area contributed by atoms with Crippen LogP contribution in [0.4, 0.5) is 4.79 Å². The quantitative estimate of drug-likeness (QED) is 0.247. The predicted octanol–water partition coefficient (Wildman–Crippen LogP) is 7.15. The zero-order valence-electron chi connectivity index (χ0n) is 16.7. The average molecular weight is 580 g/mol. The highest BCUT2D eigenvalue weighted by atomic mass is 35.6. The lowest BCUT2D eigenvalue weighted by Gasteiger charge is -2.26. The van der Waals surface area contributed by atoms with Crippen molar-refractivity contribution in [2.24, 2.45) is 0 Å². The van der Waals surface area contributed by atoms with E-state index in [9.17, 15) is 9.36 Å². The number of amides is 1. The first-order valence-corrected chi connectivity index (χ1v) is 12.4. The molecule has 0 bridgehead atoms. The van der Waals surface area contributed by atoms with Crippen LogP contribution in [0.2, 0.25) is 0 Å². The summed E-state index contributed by atoms with van der Waals surface area (Å²) < 4.78 is 29.9. The van der Waals surface area contributed by atoms with Gasteiger partial charge in [0.15, 0.2) is 0 Å². The first-order valence-electron chi connectivity index (χ1n) is 8.70. The number of halogens is 6. The van der Waals surface area contributed by atoms with Gasteiger partial charge in [0.2, 0.25) is 7.59 Å².